The Labute approximate surface area is 140 Å². The fourth-order valence-corrected chi connectivity index (χ4v) is 3.03. The number of esters is 1. The van der Waals surface area contributed by atoms with Crippen molar-refractivity contribution in [3.63, 3.8) is 0 Å². The van der Waals surface area contributed by atoms with Gasteiger partial charge in [-0.25, -0.2) is 4.79 Å². The molecule has 0 radical (unpaired) electrons. The molecule has 0 aliphatic heterocycles. The van der Waals surface area contributed by atoms with E-state index >= 15 is 0 Å². The molecule has 1 amide bonds. The van der Waals surface area contributed by atoms with Gasteiger partial charge in [0, 0.05) is 5.69 Å². The molecule has 1 heterocycles. The van der Waals surface area contributed by atoms with Crippen LogP contribution in [0, 0.1) is 6.92 Å². The van der Waals surface area contributed by atoms with Crippen LogP contribution in [0.4, 0.5) is 5.69 Å². The molecule has 2 rings (SSSR count). The Morgan fingerprint density at radius 1 is 1.17 bits per heavy atom. The second-order valence-electron chi connectivity index (χ2n) is 6.35. The van der Waals surface area contributed by atoms with Crippen LogP contribution in [0.2, 0.25) is 0 Å². The summed E-state index contributed by atoms with van der Waals surface area (Å²) in [7, 11) is 0. The van der Waals surface area contributed by atoms with Crippen molar-refractivity contribution in [2.75, 3.05) is 11.9 Å². The molecule has 23 heavy (non-hydrogen) atoms. The van der Waals surface area contributed by atoms with E-state index in [1.807, 2.05) is 42.6 Å². The van der Waals surface area contributed by atoms with Gasteiger partial charge in [-0.1, -0.05) is 39.0 Å². The Morgan fingerprint density at radius 3 is 2.48 bits per heavy atom. The summed E-state index contributed by atoms with van der Waals surface area (Å²) in [6, 6.07) is 9.49. The van der Waals surface area contributed by atoms with Crippen molar-refractivity contribution in [2.45, 2.75) is 33.1 Å². The number of carbonyl (C=O) groups is 2. The maximum Gasteiger partial charge on any atom is 0.349 e. The van der Waals surface area contributed by atoms with Gasteiger partial charge >= 0.3 is 5.97 Å². The number of rotatable bonds is 4. The van der Waals surface area contributed by atoms with E-state index < -0.39 is 5.97 Å². The first kappa shape index (κ1) is 17.2. The number of hydrogen-bond donors (Lipinski definition) is 1. The maximum absolute atomic E-state index is 12.1. The van der Waals surface area contributed by atoms with E-state index in [4.69, 9.17) is 4.74 Å². The van der Waals surface area contributed by atoms with Gasteiger partial charge in [-0.3, -0.25) is 4.79 Å². The molecule has 4 nitrogen and oxygen atoms in total. The van der Waals surface area contributed by atoms with Crippen LogP contribution in [0.25, 0.3) is 0 Å². The third-order valence-electron chi connectivity index (χ3n) is 3.39. The summed E-state index contributed by atoms with van der Waals surface area (Å²) in [6.07, 6.45) is 0. The van der Waals surface area contributed by atoms with Crippen LogP contribution in [-0.4, -0.2) is 18.5 Å². The molecule has 1 N–H and O–H groups in total. The highest BCUT2D eigenvalue weighted by molar-refractivity contribution is 7.12. The average molecular weight is 331 g/mol. The Hall–Kier alpha value is -2.14. The molecule has 1 aromatic heterocycles. The number of benzene rings is 1. The lowest BCUT2D eigenvalue weighted by atomic mass is 9.86. The van der Waals surface area contributed by atoms with Crippen molar-refractivity contribution in [1.82, 2.24) is 0 Å². The smallest absolute Gasteiger partial charge is 0.349 e. The van der Waals surface area contributed by atoms with Gasteiger partial charge in [-0.2, -0.15) is 0 Å². The van der Waals surface area contributed by atoms with Crippen molar-refractivity contribution >= 4 is 28.9 Å². The molecular formula is C18H21NO3S. The van der Waals surface area contributed by atoms with Gasteiger partial charge < -0.3 is 10.1 Å². The van der Waals surface area contributed by atoms with E-state index in [-0.39, 0.29) is 17.9 Å². The molecule has 2 aromatic rings. The Morgan fingerprint density at radius 2 is 1.87 bits per heavy atom. The fourth-order valence-electron chi connectivity index (χ4n) is 2.21. The fraction of sp³-hybridized carbons (Fsp3) is 0.333. The van der Waals surface area contributed by atoms with E-state index in [1.54, 1.807) is 0 Å². The molecule has 5 heteroatoms. The molecule has 0 bridgehead atoms. The predicted octanol–water partition coefficient (Wildman–Crippen LogP) is 4.15. The van der Waals surface area contributed by atoms with Gasteiger partial charge in [0.25, 0.3) is 5.91 Å². The first-order chi connectivity index (χ1) is 10.8. The number of nitrogens with one attached hydrogen (secondary N) is 1. The summed E-state index contributed by atoms with van der Waals surface area (Å²) in [6.45, 7) is 7.79. The predicted molar refractivity (Wildman–Crippen MR) is 93.1 cm³/mol. The van der Waals surface area contributed by atoms with E-state index in [2.05, 4.69) is 26.1 Å². The number of para-hydroxylation sites is 1. The number of ether oxygens (including phenoxy) is 1. The Kier molecular flexibility index (Phi) is 5.21. The lowest BCUT2D eigenvalue weighted by Gasteiger charge is -2.22. The maximum atomic E-state index is 12.1. The monoisotopic (exact) mass is 331 g/mol. The topological polar surface area (TPSA) is 55.4 Å². The zero-order valence-electron chi connectivity index (χ0n) is 13.8. The number of carbonyl (C=O) groups excluding carboxylic acids is 2. The molecule has 0 atom stereocenters. The second kappa shape index (κ2) is 6.96. The molecule has 1 aromatic carbocycles. The number of thiophene rings is 1. The molecular weight excluding hydrogens is 310 g/mol. The highest BCUT2D eigenvalue weighted by Gasteiger charge is 2.19. The summed E-state index contributed by atoms with van der Waals surface area (Å²) in [4.78, 5) is 24.5. The second-order valence-corrected chi connectivity index (χ2v) is 7.27. The van der Waals surface area contributed by atoms with Crippen molar-refractivity contribution in [2.24, 2.45) is 0 Å². The summed E-state index contributed by atoms with van der Waals surface area (Å²) in [5.41, 5.74) is 2.55. The number of hydrogen-bond acceptors (Lipinski definition) is 4. The first-order valence-electron chi connectivity index (χ1n) is 7.39. The van der Waals surface area contributed by atoms with Crippen LogP contribution >= 0.6 is 11.3 Å². The van der Waals surface area contributed by atoms with E-state index in [0.29, 0.717) is 4.88 Å². The van der Waals surface area contributed by atoms with Gasteiger partial charge in [-0.05, 0) is 41.0 Å². The van der Waals surface area contributed by atoms with Gasteiger partial charge in [0.2, 0.25) is 0 Å². The summed E-state index contributed by atoms with van der Waals surface area (Å²) < 4.78 is 5.09. The average Bonchev–Trinajstić information content (AvgIpc) is 2.90. The van der Waals surface area contributed by atoms with Crippen molar-refractivity contribution < 1.29 is 14.3 Å². The number of aryl methyl sites for hydroxylation is 1. The quantitative estimate of drug-likeness (QED) is 0.856. The highest BCUT2D eigenvalue weighted by Crippen LogP contribution is 2.29. The molecule has 122 valence electrons. The summed E-state index contributed by atoms with van der Waals surface area (Å²) in [5, 5.41) is 4.64. The zero-order chi connectivity index (χ0) is 17.0. The largest absolute Gasteiger partial charge is 0.451 e. The van der Waals surface area contributed by atoms with E-state index in [9.17, 15) is 9.59 Å². The summed E-state index contributed by atoms with van der Waals surface area (Å²) in [5.74, 6) is -0.805. The molecule has 0 spiro atoms. The SMILES string of the molecule is Cc1ccsc1C(=O)OCC(=O)Nc1ccccc1C(C)(C)C. The zero-order valence-corrected chi connectivity index (χ0v) is 14.6. The van der Waals surface area contributed by atoms with Crippen molar-refractivity contribution in [3.05, 3.63) is 51.7 Å². The van der Waals surface area contributed by atoms with Crippen LogP contribution in [0.3, 0.4) is 0 Å². The first-order valence-corrected chi connectivity index (χ1v) is 8.27. The van der Waals surface area contributed by atoms with Crippen LogP contribution in [0.15, 0.2) is 35.7 Å². The third-order valence-corrected chi connectivity index (χ3v) is 4.39. The Balaban J connectivity index is 1.99. The molecule has 0 aliphatic rings. The lowest BCUT2D eigenvalue weighted by molar-refractivity contribution is -0.119. The molecule has 0 saturated heterocycles. The van der Waals surface area contributed by atoms with Crippen molar-refractivity contribution in [3.8, 4) is 0 Å². The highest BCUT2D eigenvalue weighted by atomic mass is 32.1. The minimum absolute atomic E-state index is 0.0887. The normalized spacial score (nSPS) is 11.1. The molecule has 0 aliphatic carbocycles. The molecule has 0 unspecified atom stereocenters. The third kappa shape index (κ3) is 4.42. The van der Waals surface area contributed by atoms with Crippen LogP contribution in [0.5, 0.6) is 0 Å². The lowest BCUT2D eigenvalue weighted by Crippen LogP contribution is -2.23. The van der Waals surface area contributed by atoms with Gasteiger partial charge in [0.05, 0.1) is 0 Å². The Bertz CT molecular complexity index is 713. The van der Waals surface area contributed by atoms with Crippen LogP contribution in [0.1, 0.15) is 41.6 Å². The number of anilines is 1. The van der Waals surface area contributed by atoms with Gasteiger partial charge in [0.15, 0.2) is 6.61 Å². The van der Waals surface area contributed by atoms with Gasteiger partial charge in [0.1, 0.15) is 4.88 Å². The van der Waals surface area contributed by atoms with Crippen molar-refractivity contribution in [1.29, 1.82) is 0 Å². The van der Waals surface area contributed by atoms with E-state index in [0.717, 1.165) is 16.8 Å². The van der Waals surface area contributed by atoms with E-state index in [1.165, 1.54) is 11.3 Å². The van der Waals surface area contributed by atoms with Crippen LogP contribution < -0.4 is 5.32 Å². The van der Waals surface area contributed by atoms with Crippen LogP contribution in [-0.2, 0) is 14.9 Å². The summed E-state index contributed by atoms with van der Waals surface area (Å²) >= 11 is 1.31. The molecule has 0 saturated carbocycles. The molecule has 0 fully saturated rings. The van der Waals surface area contributed by atoms with Gasteiger partial charge in [-0.15, -0.1) is 11.3 Å². The minimum atomic E-state index is -0.461. The standard InChI is InChI=1S/C18H21NO3S/c1-12-9-10-23-16(12)17(21)22-11-15(20)19-14-8-6-5-7-13(14)18(2,3)4/h5-10H,11H2,1-4H3,(H,19,20). The number of amides is 1. The minimum Gasteiger partial charge on any atom is -0.451 e.